The molecule has 0 unspecified atom stereocenters. The number of β-amino-alcohol motifs (C(OH)–C–C–N with tert-alkyl or cyclic N) is 1. The van der Waals surface area contributed by atoms with Gasteiger partial charge in [0.05, 0.1) is 30.2 Å². The predicted octanol–water partition coefficient (Wildman–Crippen LogP) is 2.96. The predicted molar refractivity (Wildman–Crippen MR) is 130 cm³/mol. The highest BCUT2D eigenvalue weighted by Crippen LogP contribution is 2.31. The zero-order valence-corrected chi connectivity index (χ0v) is 20.8. The number of carbonyl (C=O) groups excluding carboxylic acids is 2. The molecule has 1 aliphatic rings. The van der Waals surface area contributed by atoms with Crippen LogP contribution in [0.5, 0.6) is 0 Å². The van der Waals surface area contributed by atoms with Crippen LogP contribution in [0.1, 0.15) is 56.0 Å². The first-order chi connectivity index (χ1) is 16.7. The number of aryl methyl sites for hydroxylation is 2. The molecule has 9 heteroatoms. The number of aliphatic hydroxyl groups excluding tert-OH is 1. The van der Waals surface area contributed by atoms with Gasteiger partial charge in [-0.15, -0.1) is 0 Å². The van der Waals surface area contributed by atoms with Crippen molar-refractivity contribution in [3.8, 4) is 11.3 Å². The molecule has 3 heterocycles. The van der Waals surface area contributed by atoms with Crippen LogP contribution in [-0.4, -0.2) is 55.4 Å². The Bertz CT molecular complexity index is 1150. The van der Waals surface area contributed by atoms with Crippen LogP contribution in [-0.2, 0) is 16.6 Å². The monoisotopic (exact) mass is 479 g/mol. The van der Waals surface area contributed by atoms with E-state index in [-0.39, 0.29) is 36.7 Å². The summed E-state index contributed by atoms with van der Waals surface area (Å²) in [5.41, 5.74) is 4.14. The van der Waals surface area contributed by atoms with Crippen LogP contribution >= 0.6 is 0 Å². The number of hydrogen-bond acceptors (Lipinski definition) is 6. The molecule has 9 nitrogen and oxygen atoms in total. The molecule has 2 amide bonds. The molecular weight excluding hydrogens is 446 g/mol. The van der Waals surface area contributed by atoms with Gasteiger partial charge in [-0.3, -0.25) is 14.3 Å². The fourth-order valence-electron chi connectivity index (χ4n) is 4.89. The van der Waals surface area contributed by atoms with Crippen molar-refractivity contribution in [2.45, 2.75) is 58.2 Å². The van der Waals surface area contributed by atoms with Crippen molar-refractivity contribution in [2.24, 2.45) is 13.0 Å². The summed E-state index contributed by atoms with van der Waals surface area (Å²) in [6.45, 7) is 7.89. The summed E-state index contributed by atoms with van der Waals surface area (Å²) >= 11 is 0. The van der Waals surface area contributed by atoms with E-state index in [0.29, 0.717) is 5.76 Å². The van der Waals surface area contributed by atoms with Crippen molar-refractivity contribution < 1.29 is 19.2 Å². The van der Waals surface area contributed by atoms with Crippen LogP contribution in [0.25, 0.3) is 11.3 Å². The third-order valence-corrected chi connectivity index (χ3v) is 6.73. The molecule has 1 fully saturated rings. The number of hydrogen-bond donors (Lipinski definition) is 2. The molecule has 1 saturated heterocycles. The maximum absolute atomic E-state index is 13.4. The Morgan fingerprint density at radius 3 is 2.46 bits per heavy atom. The number of carbonyl (C=O) groups is 2. The van der Waals surface area contributed by atoms with E-state index in [1.807, 2.05) is 69.9 Å². The van der Waals surface area contributed by atoms with E-state index in [1.165, 1.54) is 11.1 Å². The van der Waals surface area contributed by atoms with E-state index in [1.54, 1.807) is 6.07 Å². The van der Waals surface area contributed by atoms with Gasteiger partial charge >= 0.3 is 0 Å². The fourth-order valence-corrected chi connectivity index (χ4v) is 4.89. The fraction of sp³-hybridized carbons (Fsp3) is 0.462. The van der Waals surface area contributed by atoms with Crippen molar-refractivity contribution in [2.75, 3.05) is 6.54 Å². The van der Waals surface area contributed by atoms with Gasteiger partial charge in [0, 0.05) is 31.6 Å². The number of likely N-dealkylation sites (tertiary alicyclic amines) is 1. The number of nitrogens with zero attached hydrogens (tertiary/aromatic N) is 4. The molecule has 186 valence electrons. The van der Waals surface area contributed by atoms with E-state index >= 15 is 0 Å². The maximum atomic E-state index is 13.4. The normalized spacial score (nSPS) is 19.7. The summed E-state index contributed by atoms with van der Waals surface area (Å²) in [7, 11) is 1.91. The summed E-state index contributed by atoms with van der Waals surface area (Å²) in [4.78, 5) is 28.2. The first-order valence-electron chi connectivity index (χ1n) is 12.0. The van der Waals surface area contributed by atoms with Crippen molar-refractivity contribution in [1.82, 2.24) is 25.2 Å². The molecule has 4 atom stereocenters. The van der Waals surface area contributed by atoms with Crippen molar-refractivity contribution in [3.63, 3.8) is 0 Å². The highest BCUT2D eigenvalue weighted by atomic mass is 16.5. The van der Waals surface area contributed by atoms with E-state index in [0.717, 1.165) is 22.4 Å². The maximum Gasteiger partial charge on any atom is 0.243 e. The number of nitrogens with one attached hydrogen (secondary N) is 1. The lowest BCUT2D eigenvalue weighted by molar-refractivity contribution is -0.141. The first kappa shape index (κ1) is 24.7. The van der Waals surface area contributed by atoms with Gasteiger partial charge < -0.3 is 19.8 Å². The Balaban J connectivity index is 1.47. The van der Waals surface area contributed by atoms with Crippen molar-refractivity contribution >= 4 is 11.8 Å². The van der Waals surface area contributed by atoms with Crippen LogP contribution < -0.4 is 5.32 Å². The summed E-state index contributed by atoms with van der Waals surface area (Å²) < 4.78 is 7.11. The first-order valence-corrected chi connectivity index (χ1v) is 12.0. The number of rotatable bonds is 7. The summed E-state index contributed by atoms with van der Waals surface area (Å²) in [6.07, 6.45) is 2.78. The van der Waals surface area contributed by atoms with E-state index in [9.17, 15) is 14.7 Å². The van der Waals surface area contributed by atoms with E-state index < -0.39 is 18.1 Å². The highest BCUT2D eigenvalue weighted by Gasteiger charge is 2.43. The van der Waals surface area contributed by atoms with Gasteiger partial charge in [-0.2, -0.15) is 5.10 Å². The minimum Gasteiger partial charge on any atom is -0.391 e. The van der Waals surface area contributed by atoms with Gasteiger partial charge in [-0.1, -0.05) is 43.3 Å². The lowest BCUT2D eigenvalue weighted by Crippen LogP contribution is -2.48. The third-order valence-electron chi connectivity index (χ3n) is 6.73. The Morgan fingerprint density at radius 1 is 1.17 bits per heavy atom. The lowest BCUT2D eigenvalue weighted by atomic mass is 9.91. The molecule has 0 saturated carbocycles. The molecule has 4 rings (SSSR count). The van der Waals surface area contributed by atoms with Gasteiger partial charge in [-0.05, 0) is 30.9 Å². The zero-order chi connectivity index (χ0) is 25.3. The van der Waals surface area contributed by atoms with Crippen LogP contribution in [0, 0.1) is 12.8 Å². The molecule has 0 radical (unpaired) electrons. The Labute approximate surface area is 205 Å². The zero-order valence-electron chi connectivity index (χ0n) is 20.8. The summed E-state index contributed by atoms with van der Waals surface area (Å²) in [5.74, 6) is -0.690. The van der Waals surface area contributed by atoms with E-state index in [2.05, 4.69) is 15.6 Å². The van der Waals surface area contributed by atoms with Crippen LogP contribution in [0.15, 0.2) is 47.2 Å². The Hall–Kier alpha value is -3.46. The summed E-state index contributed by atoms with van der Waals surface area (Å²) in [6, 6.07) is 8.65. The van der Waals surface area contributed by atoms with Gasteiger partial charge in [0.25, 0.3) is 0 Å². The van der Waals surface area contributed by atoms with Crippen molar-refractivity contribution in [1.29, 1.82) is 0 Å². The molecule has 0 spiro atoms. The lowest BCUT2D eigenvalue weighted by Gasteiger charge is -2.29. The second kappa shape index (κ2) is 10.0. The minimum absolute atomic E-state index is 0.0580. The second-order valence-electron chi connectivity index (χ2n) is 9.68. The molecule has 35 heavy (non-hydrogen) atoms. The number of benzene rings is 1. The van der Waals surface area contributed by atoms with Crippen molar-refractivity contribution in [3.05, 3.63) is 59.6 Å². The Morgan fingerprint density at radius 2 is 1.89 bits per heavy atom. The molecule has 2 N–H and O–H groups in total. The smallest absolute Gasteiger partial charge is 0.243 e. The molecular formula is C26H33N5O4. The van der Waals surface area contributed by atoms with Gasteiger partial charge in [0.1, 0.15) is 17.7 Å². The SMILES string of the molecule is Cc1cnn(C)c1-c1ccc([C@H](C)NC(=O)[C@@H]2C[C@@H](O)CN2C(=O)[C@@H](c2ccno2)C(C)C)cc1. The number of amides is 2. The van der Waals surface area contributed by atoms with Crippen LogP contribution in [0.4, 0.5) is 0 Å². The number of aromatic nitrogens is 3. The Kier molecular flexibility index (Phi) is 7.07. The second-order valence-corrected chi connectivity index (χ2v) is 9.68. The molecule has 1 aromatic carbocycles. The largest absolute Gasteiger partial charge is 0.391 e. The topological polar surface area (TPSA) is 113 Å². The molecule has 0 aliphatic carbocycles. The number of aliphatic hydroxyl groups is 1. The average molecular weight is 480 g/mol. The summed E-state index contributed by atoms with van der Waals surface area (Å²) in [5, 5.41) is 21.4. The molecule has 2 aromatic heterocycles. The van der Waals surface area contributed by atoms with Gasteiger partial charge in [-0.25, -0.2) is 0 Å². The van der Waals surface area contributed by atoms with Gasteiger partial charge in [0.15, 0.2) is 0 Å². The molecule has 0 bridgehead atoms. The third kappa shape index (κ3) is 5.00. The average Bonchev–Trinajstić information content (AvgIpc) is 3.55. The molecule has 3 aromatic rings. The standard InChI is InChI=1S/C26H33N5O4/c1-15(2)23(22-10-11-28-35-22)26(34)31-14-20(32)12-21(31)25(33)29-17(4)18-6-8-19(9-7-18)24-16(3)13-27-30(24)5/h6-11,13,15,17,20-21,23,32H,12,14H2,1-5H3,(H,29,33)/t17-,20+,21-,23+/m0/s1. The van der Waals surface area contributed by atoms with Gasteiger partial charge in [0.2, 0.25) is 11.8 Å². The van der Waals surface area contributed by atoms with Crippen LogP contribution in [0.3, 0.4) is 0 Å². The quantitative estimate of drug-likeness (QED) is 0.539. The highest BCUT2D eigenvalue weighted by molar-refractivity contribution is 5.91. The minimum atomic E-state index is -0.756. The molecule has 1 aliphatic heterocycles. The van der Waals surface area contributed by atoms with E-state index in [4.69, 9.17) is 4.52 Å². The van der Waals surface area contributed by atoms with Crippen LogP contribution in [0.2, 0.25) is 0 Å².